The van der Waals surface area contributed by atoms with Gasteiger partial charge in [0.25, 0.3) is 0 Å². The highest BCUT2D eigenvalue weighted by Gasteiger charge is 2.23. The van der Waals surface area contributed by atoms with Crippen molar-refractivity contribution < 1.29 is 20.4 Å². The topological polar surface area (TPSA) is 84.2 Å². The lowest BCUT2D eigenvalue weighted by Gasteiger charge is -2.25. The van der Waals surface area contributed by atoms with Gasteiger partial charge in [-0.25, -0.2) is 0 Å². The van der Waals surface area contributed by atoms with Crippen LogP contribution in [0.15, 0.2) is 133 Å². The molecule has 5 nitrogen and oxygen atoms in total. The number of nitrogens with zero attached hydrogens (tertiary/aromatic N) is 1. The van der Waals surface area contributed by atoms with Crippen LogP contribution < -0.4 is 0 Å². The van der Waals surface area contributed by atoms with E-state index in [1.807, 2.05) is 121 Å². The van der Waals surface area contributed by atoms with E-state index in [1.54, 1.807) is 12.1 Å². The van der Waals surface area contributed by atoms with Crippen molar-refractivity contribution in [2.45, 2.75) is 20.0 Å². The van der Waals surface area contributed by atoms with Crippen LogP contribution in [0.3, 0.4) is 0 Å². The summed E-state index contributed by atoms with van der Waals surface area (Å²) in [5, 5.41) is 53.8. The molecule has 0 amide bonds. The van der Waals surface area contributed by atoms with E-state index < -0.39 is 0 Å². The van der Waals surface area contributed by atoms with Crippen LogP contribution in [-0.2, 0) is 13.1 Å². The molecule has 0 bridgehead atoms. The van der Waals surface area contributed by atoms with Crippen LogP contribution >= 0.6 is 0 Å². The Balaban J connectivity index is 1.26. The lowest BCUT2D eigenvalue weighted by Crippen LogP contribution is -2.22. The number of benzene rings is 8. The first-order valence-electron chi connectivity index (χ1n) is 16.5. The number of phenols is 4. The summed E-state index contributed by atoms with van der Waals surface area (Å²) in [7, 11) is 0. The highest BCUT2D eigenvalue weighted by atomic mass is 16.3. The predicted octanol–water partition coefficient (Wildman–Crippen LogP) is 10.5. The van der Waals surface area contributed by atoms with Crippen molar-refractivity contribution in [3.05, 3.63) is 145 Å². The van der Waals surface area contributed by atoms with E-state index in [-0.39, 0.29) is 23.0 Å². The van der Waals surface area contributed by atoms with Gasteiger partial charge in [0.2, 0.25) is 0 Å². The van der Waals surface area contributed by atoms with E-state index >= 15 is 0 Å². The third-order valence-corrected chi connectivity index (χ3v) is 9.75. The van der Waals surface area contributed by atoms with Crippen LogP contribution in [0.4, 0.5) is 0 Å². The third kappa shape index (κ3) is 5.16. The minimum absolute atomic E-state index is 0.106. The number of rotatable bonds is 7. The van der Waals surface area contributed by atoms with E-state index in [0.717, 1.165) is 54.2 Å². The van der Waals surface area contributed by atoms with Crippen LogP contribution in [0.1, 0.15) is 18.1 Å². The van der Waals surface area contributed by atoms with Crippen molar-refractivity contribution in [2.24, 2.45) is 0 Å². The first kappa shape index (κ1) is 30.3. The summed E-state index contributed by atoms with van der Waals surface area (Å²) >= 11 is 0. The average Bonchev–Trinajstić information content (AvgIpc) is 3.13. The Kier molecular flexibility index (Phi) is 7.55. The number of hydrogen-bond donors (Lipinski definition) is 4. The number of aromatic hydroxyl groups is 4. The van der Waals surface area contributed by atoms with Crippen molar-refractivity contribution in [1.29, 1.82) is 0 Å². The molecule has 0 aromatic heterocycles. The Bertz CT molecular complexity index is 2380. The first-order chi connectivity index (χ1) is 23.9. The van der Waals surface area contributed by atoms with Crippen molar-refractivity contribution in [1.82, 2.24) is 4.90 Å². The van der Waals surface area contributed by atoms with Crippen molar-refractivity contribution >= 4 is 43.1 Å². The quantitative estimate of drug-likeness (QED) is 0.139. The van der Waals surface area contributed by atoms with Gasteiger partial charge in [-0.2, -0.15) is 0 Å². The lowest BCUT2D eigenvalue weighted by atomic mass is 9.89. The summed E-state index contributed by atoms with van der Waals surface area (Å²) < 4.78 is 0. The van der Waals surface area contributed by atoms with Crippen LogP contribution in [0.25, 0.3) is 65.3 Å². The summed E-state index contributed by atoms with van der Waals surface area (Å²) in [6.07, 6.45) is 0. The summed E-state index contributed by atoms with van der Waals surface area (Å²) in [4.78, 5) is 2.17. The van der Waals surface area contributed by atoms with E-state index in [4.69, 9.17) is 0 Å². The maximum absolute atomic E-state index is 12.0. The largest absolute Gasteiger partial charge is 0.507 e. The molecule has 0 aliphatic carbocycles. The molecule has 0 aliphatic heterocycles. The summed E-state index contributed by atoms with van der Waals surface area (Å²) in [5.41, 5.74) is 3.83. The van der Waals surface area contributed by atoms with E-state index in [0.29, 0.717) is 41.9 Å². The van der Waals surface area contributed by atoms with Gasteiger partial charge in [-0.1, -0.05) is 116 Å². The fourth-order valence-corrected chi connectivity index (χ4v) is 7.34. The van der Waals surface area contributed by atoms with Gasteiger partial charge in [0.1, 0.15) is 23.0 Å². The summed E-state index contributed by atoms with van der Waals surface area (Å²) in [6, 6.07) is 42.8. The molecule has 0 saturated heterocycles. The molecule has 0 atom stereocenters. The van der Waals surface area contributed by atoms with Gasteiger partial charge in [0.05, 0.1) is 0 Å². The van der Waals surface area contributed by atoms with Gasteiger partial charge < -0.3 is 20.4 Å². The maximum atomic E-state index is 12.0. The van der Waals surface area contributed by atoms with Crippen LogP contribution in [-0.4, -0.2) is 31.9 Å². The minimum Gasteiger partial charge on any atom is -0.507 e. The lowest BCUT2D eigenvalue weighted by molar-refractivity contribution is 0.264. The fraction of sp³-hybridized carbons (Fsp3) is 0.0909. The molecule has 0 radical (unpaired) electrons. The highest BCUT2D eigenvalue weighted by Crippen LogP contribution is 2.48. The molecular formula is C44H35NO4. The van der Waals surface area contributed by atoms with Gasteiger partial charge in [-0.3, -0.25) is 4.90 Å². The zero-order valence-electron chi connectivity index (χ0n) is 27.1. The predicted molar refractivity (Wildman–Crippen MR) is 200 cm³/mol. The zero-order valence-corrected chi connectivity index (χ0v) is 27.1. The van der Waals surface area contributed by atoms with E-state index in [9.17, 15) is 20.4 Å². The van der Waals surface area contributed by atoms with E-state index in [1.165, 1.54) is 0 Å². The average molecular weight is 642 g/mol. The standard InChI is InChI=1S/C44H35NO4/c1-2-45(25-31-23-29-13-5-9-17-35(29)41(43(31)48)39-33-15-7-3-11-27(33)19-21-37(39)46)26-32-24-30-14-6-10-18-36(30)42(44(32)49)40-34-16-8-4-12-28(34)20-22-38(40)47/h3-24,46-49H,2,25-26H2,1H3. The molecular weight excluding hydrogens is 606 g/mol. The van der Waals surface area contributed by atoms with Crippen molar-refractivity contribution in [3.8, 4) is 45.3 Å². The molecule has 8 aromatic carbocycles. The number of hydrogen-bond acceptors (Lipinski definition) is 5. The smallest absolute Gasteiger partial charge is 0.128 e. The Morgan fingerprint density at radius 3 is 1.14 bits per heavy atom. The highest BCUT2D eigenvalue weighted by molar-refractivity contribution is 6.11. The molecule has 0 saturated carbocycles. The van der Waals surface area contributed by atoms with E-state index in [2.05, 4.69) is 11.8 Å². The second-order valence-corrected chi connectivity index (χ2v) is 12.6. The molecule has 0 fully saturated rings. The van der Waals surface area contributed by atoms with Gasteiger partial charge >= 0.3 is 0 Å². The van der Waals surface area contributed by atoms with Crippen molar-refractivity contribution in [2.75, 3.05) is 6.54 Å². The molecule has 8 rings (SSSR count). The Hall–Kier alpha value is -6.04. The Morgan fingerprint density at radius 2 is 0.755 bits per heavy atom. The molecule has 0 spiro atoms. The Morgan fingerprint density at radius 1 is 0.408 bits per heavy atom. The second kappa shape index (κ2) is 12.2. The zero-order chi connectivity index (χ0) is 33.6. The SMILES string of the molecule is CCN(Cc1cc2ccccc2c(-c2c(O)ccc3ccccc23)c1O)Cc1cc2ccccc2c(-c2c(O)ccc3ccccc23)c1O. The van der Waals surface area contributed by atoms with Crippen LogP contribution in [0, 0.1) is 0 Å². The van der Waals surface area contributed by atoms with Gasteiger partial charge in [-0.15, -0.1) is 0 Å². The summed E-state index contributed by atoms with van der Waals surface area (Å²) in [6.45, 7) is 3.49. The Labute approximate surface area is 284 Å². The number of fused-ring (bicyclic) bond motifs is 4. The van der Waals surface area contributed by atoms with Gasteiger partial charge in [0.15, 0.2) is 0 Å². The molecule has 8 aromatic rings. The van der Waals surface area contributed by atoms with Crippen LogP contribution in [0.5, 0.6) is 23.0 Å². The molecule has 5 heteroatoms. The van der Waals surface area contributed by atoms with Crippen molar-refractivity contribution in [3.63, 3.8) is 0 Å². The third-order valence-electron chi connectivity index (χ3n) is 9.75. The molecule has 49 heavy (non-hydrogen) atoms. The molecule has 4 N–H and O–H groups in total. The minimum atomic E-state index is 0.106. The normalized spacial score (nSPS) is 11.7. The first-order valence-corrected chi connectivity index (χ1v) is 16.5. The monoisotopic (exact) mass is 641 g/mol. The van der Waals surface area contributed by atoms with Gasteiger partial charge in [-0.05, 0) is 73.9 Å². The summed E-state index contributed by atoms with van der Waals surface area (Å²) in [5.74, 6) is 0.448. The fourth-order valence-electron chi connectivity index (χ4n) is 7.34. The molecule has 0 unspecified atom stereocenters. The maximum Gasteiger partial charge on any atom is 0.128 e. The van der Waals surface area contributed by atoms with Gasteiger partial charge in [0, 0.05) is 46.5 Å². The molecule has 0 aliphatic rings. The second-order valence-electron chi connectivity index (χ2n) is 12.6. The molecule has 240 valence electrons. The van der Waals surface area contributed by atoms with Crippen LogP contribution in [0.2, 0.25) is 0 Å². The number of phenolic OH excluding ortho intramolecular Hbond substituents is 4. The molecule has 0 heterocycles.